The van der Waals surface area contributed by atoms with E-state index in [9.17, 15) is 4.79 Å². The van der Waals surface area contributed by atoms with E-state index in [0.29, 0.717) is 12.5 Å². The Kier molecular flexibility index (Phi) is 7.55. The highest BCUT2D eigenvalue weighted by Gasteiger charge is 2.21. The fourth-order valence-electron chi connectivity index (χ4n) is 3.36. The third kappa shape index (κ3) is 6.55. The molecule has 1 aromatic heterocycles. The molecule has 1 aliphatic heterocycles. The highest BCUT2D eigenvalue weighted by Crippen LogP contribution is 2.19. The molecule has 2 heterocycles. The van der Waals surface area contributed by atoms with Gasteiger partial charge in [-0.1, -0.05) is 18.2 Å². The number of hydrogen-bond donors (Lipinski definition) is 2. The molecule has 2 N–H and O–H groups in total. The number of piperidine rings is 1. The number of furan rings is 1. The lowest BCUT2D eigenvalue weighted by atomic mass is 10.1. The Bertz CT molecular complexity index is 774. The van der Waals surface area contributed by atoms with Crippen molar-refractivity contribution >= 4 is 17.6 Å². The first-order chi connectivity index (χ1) is 14.1. The number of hydrogen-bond acceptors (Lipinski definition) is 4. The summed E-state index contributed by atoms with van der Waals surface area (Å²) in [5.41, 5.74) is 1.24. The van der Waals surface area contributed by atoms with Crippen LogP contribution < -0.4 is 15.5 Å². The third-order valence-electron chi connectivity index (χ3n) is 5.00. The molecule has 1 aliphatic rings. The van der Waals surface area contributed by atoms with Gasteiger partial charge in [-0.2, -0.15) is 0 Å². The van der Waals surface area contributed by atoms with Crippen molar-refractivity contribution < 1.29 is 9.21 Å². The number of amides is 1. The molecular formula is C22H31N5O2. The molecular weight excluding hydrogens is 366 g/mol. The van der Waals surface area contributed by atoms with Gasteiger partial charge in [0.15, 0.2) is 5.96 Å². The summed E-state index contributed by atoms with van der Waals surface area (Å²) in [4.78, 5) is 20.4. The van der Waals surface area contributed by atoms with E-state index in [2.05, 4.69) is 44.8 Å². The van der Waals surface area contributed by atoms with Crippen LogP contribution >= 0.6 is 0 Å². The molecule has 0 spiro atoms. The van der Waals surface area contributed by atoms with Crippen molar-refractivity contribution in [1.82, 2.24) is 15.5 Å². The van der Waals surface area contributed by atoms with Gasteiger partial charge in [0, 0.05) is 51.9 Å². The number of aliphatic imine (C=N–C) groups is 1. The van der Waals surface area contributed by atoms with Gasteiger partial charge < -0.3 is 24.9 Å². The summed E-state index contributed by atoms with van der Waals surface area (Å²) >= 11 is 0. The molecule has 1 amide bonds. The number of anilines is 1. The van der Waals surface area contributed by atoms with Crippen molar-refractivity contribution in [2.24, 2.45) is 4.99 Å². The van der Waals surface area contributed by atoms with E-state index in [1.807, 2.05) is 18.2 Å². The summed E-state index contributed by atoms with van der Waals surface area (Å²) in [6, 6.07) is 14.6. The first-order valence-electron chi connectivity index (χ1n) is 10.2. The Labute approximate surface area is 172 Å². The van der Waals surface area contributed by atoms with Gasteiger partial charge in [-0.05, 0) is 37.1 Å². The largest absolute Gasteiger partial charge is 0.469 e. The van der Waals surface area contributed by atoms with Crippen molar-refractivity contribution in [1.29, 1.82) is 0 Å². The third-order valence-corrected chi connectivity index (χ3v) is 5.00. The van der Waals surface area contributed by atoms with Crippen LogP contribution in [0.2, 0.25) is 0 Å². The molecule has 0 bridgehead atoms. The molecule has 29 heavy (non-hydrogen) atoms. The zero-order chi connectivity index (χ0) is 20.5. The number of guanidine groups is 1. The highest BCUT2D eigenvalue weighted by atomic mass is 16.3. The van der Waals surface area contributed by atoms with Crippen LogP contribution in [0.25, 0.3) is 0 Å². The quantitative estimate of drug-likeness (QED) is 0.553. The van der Waals surface area contributed by atoms with Crippen LogP contribution in [0.1, 0.15) is 18.6 Å². The summed E-state index contributed by atoms with van der Waals surface area (Å²) in [6.07, 6.45) is 4.63. The number of benzene rings is 1. The van der Waals surface area contributed by atoms with Gasteiger partial charge in [-0.25, -0.2) is 4.99 Å². The Morgan fingerprint density at radius 2 is 2.07 bits per heavy atom. The standard InChI is InChI=1S/C22H31N5O2/c1-26(2)21(28)16-24-22(23-13-12-20-11-7-15-29-20)25-18-8-6-14-27(17-18)19-9-4-3-5-10-19/h3-5,7,9-11,15,18H,6,8,12-14,16-17H2,1-2H3,(H2,23,24,25). The van der Waals surface area contributed by atoms with E-state index in [1.165, 1.54) is 5.69 Å². The molecule has 1 atom stereocenters. The Balaban J connectivity index is 1.59. The molecule has 7 heteroatoms. The predicted molar refractivity (Wildman–Crippen MR) is 116 cm³/mol. The van der Waals surface area contributed by atoms with Gasteiger partial charge in [0.1, 0.15) is 12.3 Å². The number of likely N-dealkylation sites (N-methyl/N-ethyl adjacent to an activating group) is 1. The molecule has 156 valence electrons. The van der Waals surface area contributed by atoms with E-state index in [4.69, 9.17) is 4.42 Å². The Morgan fingerprint density at radius 3 is 2.79 bits per heavy atom. The molecule has 3 rings (SSSR count). The summed E-state index contributed by atoms with van der Waals surface area (Å²) in [6.45, 7) is 2.77. The fourth-order valence-corrected chi connectivity index (χ4v) is 3.36. The van der Waals surface area contributed by atoms with Crippen molar-refractivity contribution in [2.45, 2.75) is 25.3 Å². The van der Waals surface area contributed by atoms with E-state index in [0.717, 1.165) is 38.1 Å². The molecule has 0 aliphatic carbocycles. The topological polar surface area (TPSA) is 73.1 Å². The van der Waals surface area contributed by atoms with Crippen LogP contribution in [-0.4, -0.2) is 63.1 Å². The summed E-state index contributed by atoms with van der Waals surface area (Å²) in [5, 5.41) is 6.87. The SMILES string of the molecule is CN(C)C(=O)CN=C(NCCc1ccco1)NC1CCCN(c2ccccc2)C1. The summed E-state index contributed by atoms with van der Waals surface area (Å²) in [5.74, 6) is 1.58. The fraction of sp³-hybridized carbons (Fsp3) is 0.455. The minimum absolute atomic E-state index is 0.0216. The molecule has 0 radical (unpaired) electrons. The second kappa shape index (κ2) is 10.5. The lowest BCUT2D eigenvalue weighted by molar-refractivity contribution is -0.127. The van der Waals surface area contributed by atoms with Crippen LogP contribution in [0.4, 0.5) is 5.69 Å². The molecule has 1 fully saturated rings. The van der Waals surface area contributed by atoms with E-state index >= 15 is 0 Å². The van der Waals surface area contributed by atoms with Crippen molar-refractivity contribution in [3.63, 3.8) is 0 Å². The number of carbonyl (C=O) groups excluding carboxylic acids is 1. The average Bonchev–Trinajstić information content (AvgIpc) is 3.26. The number of carbonyl (C=O) groups is 1. The predicted octanol–water partition coefficient (Wildman–Crippen LogP) is 2.11. The van der Waals surface area contributed by atoms with Crippen LogP contribution in [0.15, 0.2) is 58.1 Å². The average molecular weight is 398 g/mol. The van der Waals surface area contributed by atoms with Gasteiger partial charge in [0.05, 0.1) is 6.26 Å². The Morgan fingerprint density at radius 1 is 1.24 bits per heavy atom. The molecule has 1 aromatic carbocycles. The van der Waals surface area contributed by atoms with Gasteiger partial charge in [-0.3, -0.25) is 4.79 Å². The lowest BCUT2D eigenvalue weighted by Gasteiger charge is -2.35. The molecule has 7 nitrogen and oxygen atoms in total. The maximum Gasteiger partial charge on any atom is 0.243 e. The van der Waals surface area contributed by atoms with Crippen LogP contribution in [-0.2, 0) is 11.2 Å². The van der Waals surface area contributed by atoms with Gasteiger partial charge >= 0.3 is 0 Å². The molecule has 0 saturated carbocycles. The summed E-state index contributed by atoms with van der Waals surface area (Å²) in [7, 11) is 3.49. The van der Waals surface area contributed by atoms with Crippen LogP contribution in [0.3, 0.4) is 0 Å². The van der Waals surface area contributed by atoms with E-state index in [1.54, 1.807) is 25.3 Å². The normalized spacial score (nSPS) is 17.1. The smallest absolute Gasteiger partial charge is 0.243 e. The van der Waals surface area contributed by atoms with Crippen molar-refractivity contribution in [2.75, 3.05) is 45.2 Å². The van der Waals surface area contributed by atoms with Gasteiger partial charge in [0.25, 0.3) is 0 Å². The minimum atomic E-state index is -0.0216. The van der Waals surface area contributed by atoms with Crippen LogP contribution in [0, 0.1) is 0 Å². The van der Waals surface area contributed by atoms with Gasteiger partial charge in [0.2, 0.25) is 5.91 Å². The van der Waals surface area contributed by atoms with Crippen molar-refractivity contribution in [3.8, 4) is 0 Å². The zero-order valence-corrected chi connectivity index (χ0v) is 17.3. The Hall–Kier alpha value is -2.96. The minimum Gasteiger partial charge on any atom is -0.469 e. The molecule has 1 saturated heterocycles. The number of nitrogens with one attached hydrogen (secondary N) is 2. The summed E-state index contributed by atoms with van der Waals surface area (Å²) < 4.78 is 5.39. The van der Waals surface area contributed by atoms with Crippen LogP contribution in [0.5, 0.6) is 0 Å². The lowest BCUT2D eigenvalue weighted by Crippen LogP contribution is -2.51. The number of rotatable bonds is 7. The number of para-hydroxylation sites is 1. The van der Waals surface area contributed by atoms with E-state index < -0.39 is 0 Å². The number of nitrogens with zero attached hydrogens (tertiary/aromatic N) is 3. The first kappa shape index (κ1) is 20.8. The maximum atomic E-state index is 12.0. The van der Waals surface area contributed by atoms with Crippen molar-refractivity contribution in [3.05, 3.63) is 54.5 Å². The highest BCUT2D eigenvalue weighted by molar-refractivity contribution is 5.85. The zero-order valence-electron chi connectivity index (χ0n) is 17.3. The maximum absolute atomic E-state index is 12.0. The second-order valence-corrected chi connectivity index (χ2v) is 7.47. The second-order valence-electron chi connectivity index (χ2n) is 7.47. The molecule has 1 unspecified atom stereocenters. The monoisotopic (exact) mass is 397 g/mol. The first-order valence-corrected chi connectivity index (χ1v) is 10.2. The molecule has 2 aromatic rings. The van der Waals surface area contributed by atoms with E-state index in [-0.39, 0.29) is 18.5 Å². The van der Waals surface area contributed by atoms with Gasteiger partial charge in [-0.15, -0.1) is 0 Å².